The number of rotatable bonds is 4. The smallest absolute Gasteiger partial charge is 0.211 e. The third-order valence-electron chi connectivity index (χ3n) is 3.05. The van der Waals surface area contributed by atoms with Gasteiger partial charge in [-0.1, -0.05) is 83.1 Å². The molecule has 23 heavy (non-hydrogen) atoms. The van der Waals surface area contributed by atoms with Gasteiger partial charge in [0.05, 0.1) is 0 Å². The molecule has 0 saturated carbocycles. The molecule has 0 spiro atoms. The molecule has 3 rings (SSSR count). The van der Waals surface area contributed by atoms with Crippen LogP contribution in [0.15, 0.2) is 65.7 Å². The molecule has 0 aliphatic rings. The summed E-state index contributed by atoms with van der Waals surface area (Å²) >= 11 is 13.5. The lowest BCUT2D eigenvalue weighted by atomic mass is 10.2. The number of allylic oxidation sites excluding steroid dienone is 1. The summed E-state index contributed by atoms with van der Waals surface area (Å²) < 4.78 is 0.617. The Hall–Kier alpha value is -1.94. The summed E-state index contributed by atoms with van der Waals surface area (Å²) in [5.74, 6) is 0. The average molecular weight is 359 g/mol. The zero-order valence-corrected chi connectivity index (χ0v) is 14.3. The Balaban J connectivity index is 1.74. The fourth-order valence-electron chi connectivity index (χ4n) is 1.96. The van der Waals surface area contributed by atoms with E-state index in [4.69, 9.17) is 23.2 Å². The maximum absolute atomic E-state index is 6.26. The summed E-state index contributed by atoms with van der Waals surface area (Å²) in [7, 11) is 0. The van der Waals surface area contributed by atoms with E-state index in [1.54, 1.807) is 6.21 Å². The lowest BCUT2D eigenvalue weighted by molar-refractivity contribution is 1.36. The maximum Gasteiger partial charge on any atom is 0.211 e. The summed E-state index contributed by atoms with van der Waals surface area (Å²) in [5, 5.41) is 1.31. The van der Waals surface area contributed by atoms with Gasteiger partial charge in [0.25, 0.3) is 0 Å². The minimum atomic E-state index is 0.617. The van der Waals surface area contributed by atoms with Crippen LogP contribution in [-0.2, 0) is 0 Å². The zero-order valence-electron chi connectivity index (χ0n) is 12.0. The molecule has 5 heteroatoms. The van der Waals surface area contributed by atoms with Crippen molar-refractivity contribution >= 4 is 52.0 Å². The highest BCUT2D eigenvalue weighted by Gasteiger charge is 2.10. The molecule has 1 aromatic heterocycles. The third-order valence-corrected chi connectivity index (χ3v) is 4.47. The molecular weight excluding hydrogens is 347 g/mol. The first-order chi connectivity index (χ1) is 11.2. The fourth-order valence-corrected chi connectivity index (χ4v) is 3.11. The predicted molar refractivity (Wildman–Crippen MR) is 101 cm³/mol. The Morgan fingerprint density at radius 3 is 2.43 bits per heavy atom. The Kier molecular flexibility index (Phi) is 5.23. The van der Waals surface area contributed by atoms with Crippen LogP contribution in [0.3, 0.4) is 0 Å². The van der Waals surface area contributed by atoms with E-state index >= 15 is 0 Å². The van der Waals surface area contributed by atoms with Gasteiger partial charge < -0.3 is 0 Å². The second-order valence-corrected chi connectivity index (χ2v) is 6.69. The van der Waals surface area contributed by atoms with Crippen molar-refractivity contribution in [1.29, 1.82) is 0 Å². The molecule has 2 nitrogen and oxygen atoms in total. The van der Waals surface area contributed by atoms with Gasteiger partial charge in [0.1, 0.15) is 10.0 Å². The van der Waals surface area contributed by atoms with Crippen molar-refractivity contribution in [3.8, 4) is 11.3 Å². The summed E-state index contributed by atoms with van der Waals surface area (Å²) in [6.45, 7) is 0. The van der Waals surface area contributed by atoms with Gasteiger partial charge in [-0.25, -0.2) is 9.98 Å². The van der Waals surface area contributed by atoms with E-state index < -0.39 is 0 Å². The van der Waals surface area contributed by atoms with Crippen molar-refractivity contribution in [2.24, 2.45) is 4.99 Å². The number of benzene rings is 2. The monoisotopic (exact) mass is 358 g/mol. The molecular formula is C18H12Cl2N2S. The molecule has 0 N–H and O–H groups in total. The summed E-state index contributed by atoms with van der Waals surface area (Å²) in [6, 6.07) is 17.5. The van der Waals surface area contributed by atoms with Crippen LogP contribution in [0.1, 0.15) is 5.56 Å². The minimum Gasteiger partial charge on any atom is -0.228 e. The first-order valence-corrected chi connectivity index (χ1v) is 8.48. The van der Waals surface area contributed by atoms with Crippen molar-refractivity contribution in [2.45, 2.75) is 0 Å². The molecule has 0 radical (unpaired) electrons. The second-order valence-electron chi connectivity index (χ2n) is 4.67. The van der Waals surface area contributed by atoms with Gasteiger partial charge >= 0.3 is 0 Å². The highest BCUT2D eigenvalue weighted by molar-refractivity contribution is 7.19. The van der Waals surface area contributed by atoms with Gasteiger partial charge in [0.2, 0.25) is 5.13 Å². The van der Waals surface area contributed by atoms with Crippen molar-refractivity contribution in [2.75, 3.05) is 0 Å². The molecule has 114 valence electrons. The predicted octanol–water partition coefficient (Wildman–Crippen LogP) is 6.53. The molecule has 0 aliphatic carbocycles. The largest absolute Gasteiger partial charge is 0.228 e. The first-order valence-electron chi connectivity index (χ1n) is 6.90. The van der Waals surface area contributed by atoms with E-state index in [1.165, 1.54) is 11.3 Å². The van der Waals surface area contributed by atoms with Crippen LogP contribution in [0.25, 0.3) is 17.3 Å². The molecule has 0 unspecified atom stereocenters. The SMILES string of the molecule is Clc1ccc(-c2nc(/N=C/C=C/c3ccccc3)sc2Cl)cc1. The number of aliphatic imine (C=N–C) groups is 1. The lowest BCUT2D eigenvalue weighted by Gasteiger charge is -1.96. The molecule has 1 heterocycles. The number of hydrogen-bond acceptors (Lipinski definition) is 3. The van der Waals surface area contributed by atoms with Crippen LogP contribution >= 0.6 is 34.5 Å². The quantitative estimate of drug-likeness (QED) is 0.486. The fraction of sp³-hybridized carbons (Fsp3) is 0. The molecule has 2 aromatic carbocycles. The average Bonchev–Trinajstić information content (AvgIpc) is 2.94. The van der Waals surface area contributed by atoms with Crippen LogP contribution in [0.4, 0.5) is 5.13 Å². The maximum atomic E-state index is 6.26. The zero-order chi connectivity index (χ0) is 16.1. The van der Waals surface area contributed by atoms with E-state index in [0.29, 0.717) is 14.5 Å². The van der Waals surface area contributed by atoms with E-state index in [0.717, 1.165) is 16.8 Å². The van der Waals surface area contributed by atoms with Gasteiger partial charge in [-0.15, -0.1) is 0 Å². The van der Waals surface area contributed by atoms with Crippen LogP contribution in [-0.4, -0.2) is 11.2 Å². The van der Waals surface area contributed by atoms with Crippen molar-refractivity contribution in [3.63, 3.8) is 0 Å². The lowest BCUT2D eigenvalue weighted by Crippen LogP contribution is -1.77. The molecule has 0 aliphatic heterocycles. The van der Waals surface area contributed by atoms with Gasteiger partial charge in [-0.3, -0.25) is 0 Å². The molecule has 3 aromatic rings. The van der Waals surface area contributed by atoms with E-state index in [1.807, 2.05) is 66.7 Å². The number of halogens is 2. The number of aromatic nitrogens is 1. The van der Waals surface area contributed by atoms with Crippen LogP contribution in [0, 0.1) is 0 Å². The van der Waals surface area contributed by atoms with Crippen molar-refractivity contribution in [3.05, 3.63) is 75.6 Å². The van der Waals surface area contributed by atoms with E-state index in [-0.39, 0.29) is 0 Å². The standard InChI is InChI=1S/C18H12Cl2N2S/c19-15-10-8-14(9-11-15)16-17(20)23-18(22-16)21-12-4-7-13-5-2-1-3-6-13/h1-12H/b7-4+,21-12+. The van der Waals surface area contributed by atoms with Crippen molar-refractivity contribution in [1.82, 2.24) is 4.98 Å². The number of thiazole rings is 1. The first kappa shape index (κ1) is 15.9. The molecule has 0 fully saturated rings. The highest BCUT2D eigenvalue weighted by atomic mass is 35.5. The molecule has 0 saturated heterocycles. The molecule has 0 atom stereocenters. The summed E-state index contributed by atoms with van der Waals surface area (Å²) in [4.78, 5) is 8.80. The number of hydrogen-bond donors (Lipinski definition) is 0. The van der Waals surface area contributed by atoms with Gasteiger partial charge in [0.15, 0.2) is 0 Å². The van der Waals surface area contributed by atoms with E-state index in [9.17, 15) is 0 Å². The van der Waals surface area contributed by atoms with Gasteiger partial charge in [-0.2, -0.15) is 0 Å². The highest BCUT2D eigenvalue weighted by Crippen LogP contribution is 2.36. The van der Waals surface area contributed by atoms with Crippen molar-refractivity contribution < 1.29 is 0 Å². The Morgan fingerprint density at radius 1 is 0.957 bits per heavy atom. The molecule has 0 bridgehead atoms. The van der Waals surface area contributed by atoms with Gasteiger partial charge in [0, 0.05) is 16.8 Å². The molecule has 0 amide bonds. The Bertz CT molecular complexity index is 837. The normalized spacial score (nSPS) is 11.6. The second kappa shape index (κ2) is 7.55. The van der Waals surface area contributed by atoms with Crippen LogP contribution in [0.2, 0.25) is 9.36 Å². The Labute approximate surface area is 148 Å². The van der Waals surface area contributed by atoms with Crippen LogP contribution < -0.4 is 0 Å². The summed E-state index contributed by atoms with van der Waals surface area (Å²) in [5.41, 5.74) is 2.78. The number of nitrogens with zero attached hydrogens (tertiary/aromatic N) is 2. The summed E-state index contributed by atoms with van der Waals surface area (Å²) in [6.07, 6.45) is 5.58. The van der Waals surface area contributed by atoms with Crippen LogP contribution in [0.5, 0.6) is 0 Å². The topological polar surface area (TPSA) is 25.2 Å². The Morgan fingerprint density at radius 2 is 1.70 bits per heavy atom. The minimum absolute atomic E-state index is 0.617. The third kappa shape index (κ3) is 4.29. The van der Waals surface area contributed by atoms with E-state index in [2.05, 4.69) is 9.98 Å². The van der Waals surface area contributed by atoms with Gasteiger partial charge in [-0.05, 0) is 23.8 Å².